The summed E-state index contributed by atoms with van der Waals surface area (Å²) in [5, 5.41) is 22.6. The van der Waals surface area contributed by atoms with E-state index in [9.17, 15) is 9.18 Å². The van der Waals surface area contributed by atoms with Gasteiger partial charge in [-0.25, -0.2) is 18.6 Å². The van der Waals surface area contributed by atoms with E-state index in [0.717, 1.165) is 53.9 Å². The van der Waals surface area contributed by atoms with Gasteiger partial charge in [0.15, 0.2) is 17.5 Å². The van der Waals surface area contributed by atoms with Crippen LogP contribution in [0.1, 0.15) is 39.5 Å². The van der Waals surface area contributed by atoms with Crippen LogP contribution in [0.2, 0.25) is 0 Å². The number of ether oxygens (including phenoxy) is 1. The van der Waals surface area contributed by atoms with Crippen molar-refractivity contribution in [1.82, 2.24) is 34.7 Å². The highest BCUT2D eigenvalue weighted by Crippen LogP contribution is 2.38. The number of aryl methyl sites for hydroxylation is 1. The van der Waals surface area contributed by atoms with E-state index in [0.29, 0.717) is 6.04 Å². The third kappa shape index (κ3) is 5.05. The van der Waals surface area contributed by atoms with E-state index in [2.05, 4.69) is 49.8 Å². The number of rotatable bonds is 8. The molecule has 0 radical (unpaired) electrons. The highest BCUT2D eigenvalue weighted by Gasteiger charge is 2.43. The molecule has 2 aliphatic rings. The van der Waals surface area contributed by atoms with Crippen LogP contribution in [-0.4, -0.2) is 77.1 Å². The quantitative estimate of drug-likeness (QED) is 0.396. The molecule has 0 saturated carbocycles. The molecule has 38 heavy (non-hydrogen) atoms. The van der Waals surface area contributed by atoms with Gasteiger partial charge in [0.05, 0.1) is 18.5 Å². The summed E-state index contributed by atoms with van der Waals surface area (Å²) in [5.41, 5.74) is -0.602. The average Bonchev–Trinajstić information content (AvgIpc) is 3.48. The molecule has 0 aliphatic carbocycles. The molecule has 2 aromatic heterocycles. The van der Waals surface area contributed by atoms with Crippen LogP contribution >= 0.6 is 0 Å². The number of tetrazole rings is 1. The molecule has 2 saturated heterocycles. The van der Waals surface area contributed by atoms with Gasteiger partial charge < -0.3 is 20.5 Å². The number of aliphatic hydroxyl groups excluding tert-OH is 1. The second-order valence-corrected chi connectivity index (χ2v) is 10.3. The van der Waals surface area contributed by atoms with Gasteiger partial charge in [0.25, 0.3) is 0 Å². The minimum Gasteiger partial charge on any atom is -0.489 e. The lowest BCUT2D eigenvalue weighted by Gasteiger charge is -2.47. The van der Waals surface area contributed by atoms with Crippen LogP contribution in [0.4, 0.5) is 26.2 Å². The molecule has 2 atom stereocenters. The largest absolute Gasteiger partial charge is 0.489 e. The maximum Gasteiger partial charge on any atom is 0.368 e. The number of nitrogens with one attached hydrogen (secondary N) is 2. The number of anilines is 3. The number of nitrogens with zero attached hydrogens (tertiary/aromatic N) is 7. The maximum atomic E-state index is 15.0. The van der Waals surface area contributed by atoms with Gasteiger partial charge in [0.1, 0.15) is 18.0 Å². The first-order chi connectivity index (χ1) is 18.2. The van der Waals surface area contributed by atoms with Crippen molar-refractivity contribution in [3.05, 3.63) is 40.4 Å². The van der Waals surface area contributed by atoms with E-state index in [-0.39, 0.29) is 53.7 Å². The van der Waals surface area contributed by atoms with Crippen molar-refractivity contribution in [3.8, 4) is 11.4 Å². The fourth-order valence-corrected chi connectivity index (χ4v) is 5.50. The van der Waals surface area contributed by atoms with Crippen LogP contribution in [-0.2, 0) is 7.05 Å². The zero-order valence-corrected chi connectivity index (χ0v) is 21.5. The van der Waals surface area contributed by atoms with Gasteiger partial charge in [-0.3, -0.25) is 4.90 Å². The van der Waals surface area contributed by atoms with Gasteiger partial charge in [0, 0.05) is 30.7 Å². The molecule has 0 unspecified atom stereocenters. The summed E-state index contributed by atoms with van der Waals surface area (Å²) >= 11 is 0. The minimum absolute atomic E-state index is 0.0144. The number of aliphatic hydroxyl groups is 1. The number of halogens is 2. The van der Waals surface area contributed by atoms with Crippen molar-refractivity contribution in [3.63, 3.8) is 0 Å². The molecule has 0 spiro atoms. The molecule has 3 N–H and O–H groups in total. The zero-order valence-electron chi connectivity index (χ0n) is 21.5. The fraction of sp³-hybridized carbons (Fsp3) is 0.542. The van der Waals surface area contributed by atoms with Crippen molar-refractivity contribution in [2.75, 3.05) is 30.4 Å². The third-order valence-corrected chi connectivity index (χ3v) is 7.14. The predicted octanol–water partition coefficient (Wildman–Crippen LogP) is 1.97. The lowest BCUT2D eigenvalue weighted by atomic mass is 9.84. The van der Waals surface area contributed by atoms with Gasteiger partial charge in [-0.15, -0.1) is 0 Å². The number of fused-ring (bicyclic) bond motifs is 1. The Balaban J connectivity index is 1.41. The van der Waals surface area contributed by atoms with Gasteiger partial charge in [-0.2, -0.15) is 14.3 Å². The van der Waals surface area contributed by atoms with Gasteiger partial charge >= 0.3 is 5.69 Å². The summed E-state index contributed by atoms with van der Waals surface area (Å²) in [6.45, 7) is 5.06. The van der Waals surface area contributed by atoms with E-state index in [1.807, 2.05) is 0 Å². The number of hydrogen-bond donors (Lipinski definition) is 3. The minimum atomic E-state index is -0.739. The fourth-order valence-electron chi connectivity index (χ4n) is 5.50. The van der Waals surface area contributed by atoms with Crippen LogP contribution in [0, 0.1) is 11.6 Å². The zero-order chi connectivity index (χ0) is 27.0. The van der Waals surface area contributed by atoms with E-state index in [1.54, 1.807) is 0 Å². The molecule has 4 heterocycles. The Kier molecular flexibility index (Phi) is 7.01. The van der Waals surface area contributed by atoms with E-state index >= 15 is 4.39 Å². The van der Waals surface area contributed by atoms with Crippen molar-refractivity contribution >= 4 is 17.5 Å². The van der Waals surface area contributed by atoms with E-state index in [1.165, 1.54) is 13.1 Å². The Hall–Kier alpha value is -3.65. The standard InChI is InChI=1S/C24H31F2N9O3/c1-24(2)12-14(9-15-5-4-6-34(15)24)28-21-17(26)13-27-22(30-21)29-18-11-19(35-23(37)33(3)31-32-35)20(10-16(18)25)38-8-7-36/h10-11,13-15,36H,4-9,12H2,1-3H3,(H2,27,28,29,30)/t14-,15-/m1/s1. The topological polar surface area (TPSA) is 135 Å². The monoisotopic (exact) mass is 531 g/mol. The molecular formula is C24H31F2N9O3. The van der Waals surface area contributed by atoms with Crippen molar-refractivity contribution in [1.29, 1.82) is 0 Å². The molecule has 1 aromatic carbocycles. The molecule has 0 amide bonds. The lowest BCUT2D eigenvalue weighted by Crippen LogP contribution is -2.55. The Morgan fingerprint density at radius 1 is 1.24 bits per heavy atom. The Bertz CT molecular complexity index is 1380. The van der Waals surface area contributed by atoms with Gasteiger partial charge in [-0.05, 0) is 62.6 Å². The van der Waals surface area contributed by atoms with E-state index < -0.39 is 17.3 Å². The summed E-state index contributed by atoms with van der Waals surface area (Å²) in [7, 11) is 1.42. The molecule has 2 fully saturated rings. The molecule has 2 aliphatic heterocycles. The SMILES string of the molecule is Cn1nnn(-c2cc(Nc3ncc(F)c(N[C@@H]4C[C@H]5CCCN5C(C)(C)C4)n3)c(F)cc2OCCO)c1=O. The summed E-state index contributed by atoms with van der Waals surface area (Å²) in [6, 6.07) is 2.81. The molecule has 5 rings (SSSR count). The summed E-state index contributed by atoms with van der Waals surface area (Å²) in [4.78, 5) is 23.2. The Morgan fingerprint density at radius 3 is 2.79 bits per heavy atom. The molecule has 14 heteroatoms. The van der Waals surface area contributed by atoms with Crippen LogP contribution < -0.4 is 21.1 Å². The van der Waals surface area contributed by atoms with Crippen LogP contribution in [0.25, 0.3) is 5.69 Å². The second kappa shape index (κ2) is 10.3. The number of hydrogen-bond acceptors (Lipinski definition) is 10. The number of piperidine rings is 1. The first kappa shape index (κ1) is 26.0. The number of benzene rings is 1. The molecule has 204 valence electrons. The highest BCUT2D eigenvalue weighted by atomic mass is 19.1. The third-order valence-electron chi connectivity index (χ3n) is 7.14. The lowest BCUT2D eigenvalue weighted by molar-refractivity contribution is 0.0500. The predicted molar refractivity (Wildman–Crippen MR) is 135 cm³/mol. The van der Waals surface area contributed by atoms with Gasteiger partial charge in [-0.1, -0.05) is 0 Å². The van der Waals surface area contributed by atoms with Crippen molar-refractivity contribution < 1.29 is 18.6 Å². The molecular weight excluding hydrogens is 500 g/mol. The Morgan fingerprint density at radius 2 is 2.05 bits per heavy atom. The molecule has 0 bridgehead atoms. The van der Waals surface area contributed by atoms with Crippen molar-refractivity contribution in [2.24, 2.45) is 7.05 Å². The normalized spacial score (nSPS) is 20.8. The van der Waals surface area contributed by atoms with Crippen LogP contribution in [0.3, 0.4) is 0 Å². The first-order valence-electron chi connectivity index (χ1n) is 12.6. The van der Waals surface area contributed by atoms with Crippen LogP contribution in [0.15, 0.2) is 23.1 Å². The number of aromatic nitrogens is 6. The van der Waals surface area contributed by atoms with Crippen molar-refractivity contribution in [2.45, 2.75) is 57.2 Å². The average molecular weight is 532 g/mol. The summed E-state index contributed by atoms with van der Waals surface area (Å²) in [5.74, 6) is -1.37. The van der Waals surface area contributed by atoms with Crippen LogP contribution in [0.5, 0.6) is 5.75 Å². The smallest absolute Gasteiger partial charge is 0.368 e. The maximum absolute atomic E-state index is 15.0. The second-order valence-electron chi connectivity index (χ2n) is 10.3. The molecule has 12 nitrogen and oxygen atoms in total. The summed E-state index contributed by atoms with van der Waals surface area (Å²) < 4.78 is 37.1. The summed E-state index contributed by atoms with van der Waals surface area (Å²) in [6.07, 6.45) is 5.02. The Labute approximate surface area is 217 Å². The van der Waals surface area contributed by atoms with Gasteiger partial charge in [0.2, 0.25) is 5.95 Å². The highest BCUT2D eigenvalue weighted by molar-refractivity contribution is 5.63. The van der Waals surface area contributed by atoms with E-state index in [4.69, 9.17) is 9.84 Å². The molecule has 3 aromatic rings. The first-order valence-corrected chi connectivity index (χ1v) is 12.6.